The number of hydrogen-bond acceptors (Lipinski definition) is 2. The van der Waals surface area contributed by atoms with Gasteiger partial charge in [-0.25, -0.2) is 4.39 Å². The van der Waals surface area contributed by atoms with E-state index in [0.717, 1.165) is 10.6 Å². The number of benzene rings is 2. The fourth-order valence-electron chi connectivity index (χ4n) is 1.56. The van der Waals surface area contributed by atoms with E-state index in [4.69, 9.17) is 0 Å². The summed E-state index contributed by atoms with van der Waals surface area (Å²) in [5.41, 5.74) is 0.574. The lowest BCUT2D eigenvalue weighted by atomic mass is 10.1. The molecule has 2 rings (SSSR count). The van der Waals surface area contributed by atoms with E-state index in [1.807, 2.05) is 30.3 Å². The molecule has 92 valence electrons. The predicted molar refractivity (Wildman–Crippen MR) is 72.5 cm³/mol. The molecular formula is C15H13FOS. The highest BCUT2D eigenvalue weighted by molar-refractivity contribution is 7.99. The van der Waals surface area contributed by atoms with E-state index in [1.165, 1.54) is 24.3 Å². The Bertz CT molecular complexity index is 508. The van der Waals surface area contributed by atoms with Crippen LogP contribution < -0.4 is 0 Å². The third-order valence-corrected chi connectivity index (χ3v) is 3.52. The molecule has 3 heteroatoms. The SMILES string of the molecule is O=C(CCSc1ccccc1)c1ccc(F)cc1. The monoisotopic (exact) mass is 260 g/mol. The van der Waals surface area contributed by atoms with E-state index >= 15 is 0 Å². The molecule has 0 aliphatic heterocycles. The van der Waals surface area contributed by atoms with Gasteiger partial charge in [-0.15, -0.1) is 11.8 Å². The van der Waals surface area contributed by atoms with E-state index in [9.17, 15) is 9.18 Å². The molecule has 0 unspecified atom stereocenters. The average Bonchev–Trinajstić information content (AvgIpc) is 2.40. The van der Waals surface area contributed by atoms with Gasteiger partial charge in [0, 0.05) is 22.6 Å². The van der Waals surface area contributed by atoms with Gasteiger partial charge in [-0.1, -0.05) is 18.2 Å². The average molecular weight is 260 g/mol. The maximum Gasteiger partial charge on any atom is 0.163 e. The Hall–Kier alpha value is -1.61. The molecule has 0 atom stereocenters. The van der Waals surface area contributed by atoms with Crippen molar-refractivity contribution in [3.05, 3.63) is 66.0 Å². The van der Waals surface area contributed by atoms with Crippen LogP contribution in [0.4, 0.5) is 4.39 Å². The van der Waals surface area contributed by atoms with Crippen LogP contribution in [-0.2, 0) is 0 Å². The molecule has 0 spiro atoms. The molecule has 0 saturated heterocycles. The van der Waals surface area contributed by atoms with E-state index in [1.54, 1.807) is 11.8 Å². The zero-order valence-electron chi connectivity index (χ0n) is 9.80. The van der Waals surface area contributed by atoms with Gasteiger partial charge >= 0.3 is 0 Å². The number of thioether (sulfide) groups is 1. The highest BCUT2D eigenvalue weighted by atomic mass is 32.2. The lowest BCUT2D eigenvalue weighted by Crippen LogP contribution is -2.00. The molecule has 2 aromatic carbocycles. The van der Waals surface area contributed by atoms with Crippen molar-refractivity contribution in [3.8, 4) is 0 Å². The van der Waals surface area contributed by atoms with Gasteiger partial charge in [0.15, 0.2) is 5.78 Å². The summed E-state index contributed by atoms with van der Waals surface area (Å²) in [5, 5.41) is 0. The Morgan fingerprint density at radius 3 is 2.33 bits per heavy atom. The first kappa shape index (κ1) is 12.8. The maximum atomic E-state index is 12.7. The summed E-state index contributed by atoms with van der Waals surface area (Å²) in [7, 11) is 0. The molecule has 18 heavy (non-hydrogen) atoms. The highest BCUT2D eigenvalue weighted by Crippen LogP contribution is 2.18. The zero-order chi connectivity index (χ0) is 12.8. The molecule has 1 nitrogen and oxygen atoms in total. The Kier molecular flexibility index (Phi) is 4.53. The van der Waals surface area contributed by atoms with Crippen molar-refractivity contribution in [2.75, 3.05) is 5.75 Å². The summed E-state index contributed by atoms with van der Waals surface area (Å²) in [6, 6.07) is 15.7. The summed E-state index contributed by atoms with van der Waals surface area (Å²) >= 11 is 1.65. The van der Waals surface area contributed by atoms with E-state index in [0.29, 0.717) is 12.0 Å². The first-order valence-corrected chi connectivity index (χ1v) is 6.71. The second-order valence-electron chi connectivity index (χ2n) is 3.84. The lowest BCUT2D eigenvalue weighted by molar-refractivity contribution is 0.0989. The van der Waals surface area contributed by atoms with Crippen LogP contribution in [0.1, 0.15) is 16.8 Å². The minimum absolute atomic E-state index is 0.0541. The minimum atomic E-state index is -0.315. The highest BCUT2D eigenvalue weighted by Gasteiger charge is 2.05. The Morgan fingerprint density at radius 1 is 1.00 bits per heavy atom. The Balaban J connectivity index is 1.84. The fraction of sp³-hybridized carbons (Fsp3) is 0.133. The molecule has 0 saturated carbocycles. The second-order valence-corrected chi connectivity index (χ2v) is 5.01. The van der Waals surface area contributed by atoms with Crippen LogP contribution in [-0.4, -0.2) is 11.5 Å². The third kappa shape index (κ3) is 3.70. The fourth-order valence-corrected chi connectivity index (χ4v) is 2.43. The van der Waals surface area contributed by atoms with Crippen LogP contribution >= 0.6 is 11.8 Å². The van der Waals surface area contributed by atoms with Crippen LogP contribution in [0.5, 0.6) is 0 Å². The molecule has 0 radical (unpaired) electrons. The number of Topliss-reactive ketones (excluding diaryl/α,β-unsaturated/α-hetero) is 1. The molecule has 0 aromatic heterocycles. The van der Waals surface area contributed by atoms with Crippen molar-refractivity contribution in [2.45, 2.75) is 11.3 Å². The number of hydrogen-bond donors (Lipinski definition) is 0. The predicted octanol–water partition coefficient (Wildman–Crippen LogP) is 4.19. The first-order valence-electron chi connectivity index (χ1n) is 5.72. The summed E-state index contributed by atoms with van der Waals surface area (Å²) in [4.78, 5) is 13.0. The van der Waals surface area contributed by atoms with Crippen molar-refractivity contribution in [1.29, 1.82) is 0 Å². The normalized spacial score (nSPS) is 10.3. The number of halogens is 1. The number of carbonyl (C=O) groups is 1. The van der Waals surface area contributed by atoms with Crippen molar-refractivity contribution < 1.29 is 9.18 Å². The molecule has 0 fully saturated rings. The molecule has 2 aromatic rings. The number of carbonyl (C=O) groups excluding carboxylic acids is 1. The van der Waals surface area contributed by atoms with Crippen molar-refractivity contribution in [1.82, 2.24) is 0 Å². The van der Waals surface area contributed by atoms with E-state index in [-0.39, 0.29) is 11.6 Å². The first-order chi connectivity index (χ1) is 8.75. The molecule has 0 bridgehead atoms. The Labute approximate surface area is 110 Å². The topological polar surface area (TPSA) is 17.1 Å². The van der Waals surface area contributed by atoms with Gasteiger partial charge in [-0.05, 0) is 36.4 Å². The third-order valence-electron chi connectivity index (χ3n) is 2.51. The van der Waals surface area contributed by atoms with Gasteiger partial charge in [-0.2, -0.15) is 0 Å². The number of rotatable bonds is 5. The maximum absolute atomic E-state index is 12.7. The molecule has 0 N–H and O–H groups in total. The van der Waals surface area contributed by atoms with Crippen molar-refractivity contribution in [3.63, 3.8) is 0 Å². The molecule has 0 aliphatic carbocycles. The molecule has 0 amide bonds. The van der Waals surface area contributed by atoms with Gasteiger partial charge in [0.1, 0.15) is 5.82 Å². The van der Waals surface area contributed by atoms with Gasteiger partial charge < -0.3 is 0 Å². The summed E-state index contributed by atoms with van der Waals surface area (Å²) in [6.45, 7) is 0. The van der Waals surface area contributed by atoms with Crippen LogP contribution in [0.25, 0.3) is 0 Å². The van der Waals surface area contributed by atoms with Crippen LogP contribution in [0.3, 0.4) is 0 Å². The minimum Gasteiger partial charge on any atom is -0.294 e. The van der Waals surface area contributed by atoms with Crippen LogP contribution in [0, 0.1) is 5.82 Å². The quantitative estimate of drug-likeness (QED) is 0.592. The zero-order valence-corrected chi connectivity index (χ0v) is 10.6. The van der Waals surface area contributed by atoms with Gasteiger partial charge in [0.2, 0.25) is 0 Å². The molecular weight excluding hydrogens is 247 g/mol. The summed E-state index contributed by atoms with van der Waals surface area (Å²) < 4.78 is 12.7. The van der Waals surface area contributed by atoms with E-state index < -0.39 is 0 Å². The smallest absolute Gasteiger partial charge is 0.163 e. The second kappa shape index (κ2) is 6.36. The van der Waals surface area contributed by atoms with Gasteiger partial charge in [0.25, 0.3) is 0 Å². The summed E-state index contributed by atoms with van der Waals surface area (Å²) in [6.07, 6.45) is 0.463. The van der Waals surface area contributed by atoms with Gasteiger partial charge in [0.05, 0.1) is 0 Å². The van der Waals surface area contributed by atoms with Crippen molar-refractivity contribution in [2.24, 2.45) is 0 Å². The summed E-state index contributed by atoms with van der Waals surface area (Å²) in [5.74, 6) is 0.476. The Morgan fingerprint density at radius 2 is 1.67 bits per heavy atom. The van der Waals surface area contributed by atoms with E-state index in [2.05, 4.69) is 0 Å². The van der Waals surface area contributed by atoms with Crippen molar-refractivity contribution >= 4 is 17.5 Å². The van der Waals surface area contributed by atoms with Gasteiger partial charge in [-0.3, -0.25) is 4.79 Å². The lowest BCUT2D eigenvalue weighted by Gasteiger charge is -2.02. The number of ketones is 1. The largest absolute Gasteiger partial charge is 0.294 e. The molecule has 0 aliphatic rings. The standard InChI is InChI=1S/C15H13FOS/c16-13-8-6-12(7-9-13)15(17)10-11-18-14-4-2-1-3-5-14/h1-9H,10-11H2. The molecule has 0 heterocycles. The van der Waals surface area contributed by atoms with Crippen LogP contribution in [0.15, 0.2) is 59.5 Å². The van der Waals surface area contributed by atoms with Crippen LogP contribution in [0.2, 0.25) is 0 Å².